The van der Waals surface area contributed by atoms with Crippen LogP contribution in [0, 0.1) is 11.3 Å². The van der Waals surface area contributed by atoms with Crippen LogP contribution in [0.4, 0.5) is 0 Å². The van der Waals surface area contributed by atoms with Crippen LogP contribution in [0.2, 0.25) is 0 Å². The Hall–Kier alpha value is -1.41. The zero-order valence-corrected chi connectivity index (χ0v) is 9.08. The number of pyridine rings is 1. The Kier molecular flexibility index (Phi) is 2.24. The lowest BCUT2D eigenvalue weighted by Crippen LogP contribution is -2.05. The van der Waals surface area contributed by atoms with Crippen LogP contribution in [-0.2, 0) is 9.84 Å². The highest BCUT2D eigenvalue weighted by molar-refractivity contribution is 7.90. The molecule has 0 aromatic carbocycles. The first-order chi connectivity index (χ1) is 7.02. The van der Waals surface area contributed by atoms with Gasteiger partial charge in [-0.2, -0.15) is 5.26 Å². The fourth-order valence-electron chi connectivity index (χ4n) is 1.43. The van der Waals surface area contributed by atoms with Gasteiger partial charge in [-0.1, -0.05) is 0 Å². The average Bonchev–Trinajstić information content (AvgIpc) is 2.98. The van der Waals surface area contributed by atoms with E-state index in [0.29, 0.717) is 5.92 Å². The van der Waals surface area contributed by atoms with Crippen LogP contribution >= 0.6 is 0 Å². The maximum atomic E-state index is 11.4. The minimum absolute atomic E-state index is 0.0885. The first-order valence-electron chi connectivity index (χ1n) is 4.63. The molecule has 0 amide bonds. The standard InChI is InChI=1S/C10H10N2O2S/c1-15(13,14)10-8(6-11)4-5-9(12-10)7-2-3-7/h4-5,7H,2-3H2,1H3. The van der Waals surface area contributed by atoms with Gasteiger partial charge in [-0.05, 0) is 25.0 Å². The molecule has 0 aliphatic heterocycles. The van der Waals surface area contributed by atoms with Crippen molar-refractivity contribution >= 4 is 9.84 Å². The third kappa shape index (κ3) is 2.00. The number of aromatic nitrogens is 1. The molecule has 1 aromatic rings. The van der Waals surface area contributed by atoms with Gasteiger partial charge in [0, 0.05) is 17.9 Å². The van der Waals surface area contributed by atoms with Gasteiger partial charge in [0.15, 0.2) is 14.9 Å². The molecule has 0 atom stereocenters. The third-order valence-corrected chi connectivity index (χ3v) is 3.36. The van der Waals surface area contributed by atoms with E-state index in [2.05, 4.69) is 4.98 Å². The second kappa shape index (κ2) is 3.31. The maximum absolute atomic E-state index is 11.4. The molecular formula is C10H10N2O2S. The molecule has 1 aliphatic carbocycles. The molecule has 78 valence electrons. The van der Waals surface area contributed by atoms with Crippen molar-refractivity contribution in [2.24, 2.45) is 0 Å². The fourth-order valence-corrected chi connectivity index (χ4v) is 2.21. The molecule has 0 spiro atoms. The van der Waals surface area contributed by atoms with Crippen LogP contribution in [0.5, 0.6) is 0 Å². The van der Waals surface area contributed by atoms with Crippen molar-refractivity contribution in [3.63, 3.8) is 0 Å². The topological polar surface area (TPSA) is 70.8 Å². The van der Waals surface area contributed by atoms with Gasteiger partial charge in [-0.15, -0.1) is 0 Å². The molecule has 0 saturated heterocycles. The number of rotatable bonds is 2. The molecule has 0 N–H and O–H groups in total. The van der Waals surface area contributed by atoms with Crippen LogP contribution in [0.1, 0.15) is 30.0 Å². The highest BCUT2D eigenvalue weighted by atomic mass is 32.2. The van der Waals surface area contributed by atoms with Crippen molar-refractivity contribution in [1.29, 1.82) is 5.26 Å². The van der Waals surface area contributed by atoms with Crippen LogP contribution in [-0.4, -0.2) is 19.7 Å². The minimum Gasteiger partial charge on any atom is -0.240 e. The van der Waals surface area contributed by atoms with Gasteiger partial charge in [0.05, 0.1) is 5.56 Å². The van der Waals surface area contributed by atoms with Gasteiger partial charge in [0.2, 0.25) is 0 Å². The summed E-state index contributed by atoms with van der Waals surface area (Å²) in [6, 6.07) is 5.13. The fraction of sp³-hybridized carbons (Fsp3) is 0.400. The lowest BCUT2D eigenvalue weighted by molar-refractivity contribution is 0.597. The molecule has 0 unspecified atom stereocenters. The summed E-state index contributed by atoms with van der Waals surface area (Å²) in [6.45, 7) is 0. The van der Waals surface area contributed by atoms with Gasteiger partial charge < -0.3 is 0 Å². The summed E-state index contributed by atoms with van der Waals surface area (Å²) in [6.07, 6.45) is 3.19. The van der Waals surface area contributed by atoms with E-state index in [1.165, 1.54) is 6.07 Å². The zero-order chi connectivity index (χ0) is 11.1. The van der Waals surface area contributed by atoms with Gasteiger partial charge >= 0.3 is 0 Å². The molecule has 1 fully saturated rings. The van der Waals surface area contributed by atoms with Crippen molar-refractivity contribution < 1.29 is 8.42 Å². The largest absolute Gasteiger partial charge is 0.240 e. The third-order valence-electron chi connectivity index (χ3n) is 2.35. The quantitative estimate of drug-likeness (QED) is 0.754. The van der Waals surface area contributed by atoms with Crippen molar-refractivity contribution in [1.82, 2.24) is 4.98 Å². The van der Waals surface area contributed by atoms with Crippen molar-refractivity contribution in [3.05, 3.63) is 23.4 Å². The molecule has 1 aliphatic rings. The Bertz CT molecular complexity index is 539. The Balaban J connectivity index is 2.58. The Morgan fingerprint density at radius 2 is 2.13 bits per heavy atom. The number of nitrogens with zero attached hydrogens (tertiary/aromatic N) is 2. The van der Waals surface area contributed by atoms with Crippen LogP contribution in [0.15, 0.2) is 17.2 Å². The van der Waals surface area contributed by atoms with E-state index in [-0.39, 0.29) is 10.6 Å². The Morgan fingerprint density at radius 1 is 1.47 bits per heavy atom. The molecule has 0 radical (unpaired) electrons. The first-order valence-corrected chi connectivity index (χ1v) is 6.52. The lowest BCUT2D eigenvalue weighted by Gasteiger charge is -2.03. The van der Waals surface area contributed by atoms with Crippen LogP contribution in [0.25, 0.3) is 0 Å². The summed E-state index contributed by atoms with van der Waals surface area (Å²) < 4.78 is 22.8. The van der Waals surface area contributed by atoms with Gasteiger partial charge in [-0.25, -0.2) is 13.4 Å². The lowest BCUT2D eigenvalue weighted by atomic mass is 10.2. The molecule has 1 aromatic heterocycles. The summed E-state index contributed by atoms with van der Waals surface area (Å²) in [5, 5.41) is 8.68. The normalized spacial score (nSPS) is 16.0. The second-order valence-corrected chi connectivity index (χ2v) is 5.68. The Labute approximate surface area is 88.5 Å². The molecule has 15 heavy (non-hydrogen) atoms. The smallest absolute Gasteiger partial charge is 0.194 e. The molecule has 2 rings (SSSR count). The predicted molar refractivity (Wildman–Crippen MR) is 54.0 cm³/mol. The highest BCUT2D eigenvalue weighted by Crippen LogP contribution is 2.39. The summed E-state index contributed by atoms with van der Waals surface area (Å²) in [5.41, 5.74) is 0.913. The summed E-state index contributed by atoms with van der Waals surface area (Å²) in [4.78, 5) is 4.07. The molecular weight excluding hydrogens is 212 g/mol. The van der Waals surface area contributed by atoms with Crippen molar-refractivity contribution in [2.45, 2.75) is 23.8 Å². The zero-order valence-electron chi connectivity index (χ0n) is 8.27. The minimum atomic E-state index is -3.41. The van der Waals surface area contributed by atoms with Gasteiger partial charge in [0.1, 0.15) is 6.07 Å². The van der Waals surface area contributed by atoms with Gasteiger partial charge in [-0.3, -0.25) is 0 Å². The summed E-state index contributed by atoms with van der Waals surface area (Å²) in [5.74, 6) is 0.387. The van der Waals surface area contributed by atoms with E-state index in [4.69, 9.17) is 5.26 Å². The van der Waals surface area contributed by atoms with Crippen molar-refractivity contribution in [3.8, 4) is 6.07 Å². The highest BCUT2D eigenvalue weighted by Gasteiger charge is 2.27. The predicted octanol–water partition coefficient (Wildman–Crippen LogP) is 1.23. The Morgan fingerprint density at radius 3 is 2.60 bits per heavy atom. The van der Waals surface area contributed by atoms with Crippen molar-refractivity contribution in [2.75, 3.05) is 6.26 Å². The van der Waals surface area contributed by atoms with E-state index < -0.39 is 9.84 Å². The summed E-state index contributed by atoms with van der Waals surface area (Å²) in [7, 11) is -3.41. The number of sulfone groups is 1. The number of hydrogen-bond donors (Lipinski definition) is 0. The SMILES string of the molecule is CS(=O)(=O)c1nc(C2CC2)ccc1C#N. The van der Waals surface area contributed by atoms with E-state index in [1.807, 2.05) is 6.07 Å². The molecule has 1 saturated carbocycles. The molecule has 4 nitrogen and oxygen atoms in total. The number of nitriles is 1. The van der Waals surface area contributed by atoms with Gasteiger partial charge in [0.25, 0.3) is 0 Å². The average molecular weight is 222 g/mol. The van der Waals surface area contributed by atoms with E-state index >= 15 is 0 Å². The molecule has 1 heterocycles. The van der Waals surface area contributed by atoms with E-state index in [9.17, 15) is 8.42 Å². The monoisotopic (exact) mass is 222 g/mol. The van der Waals surface area contributed by atoms with E-state index in [0.717, 1.165) is 24.8 Å². The molecule has 5 heteroatoms. The van der Waals surface area contributed by atoms with Crippen LogP contribution in [0.3, 0.4) is 0 Å². The first kappa shape index (κ1) is 10.1. The van der Waals surface area contributed by atoms with Crippen LogP contribution < -0.4 is 0 Å². The molecule has 0 bridgehead atoms. The number of hydrogen-bond acceptors (Lipinski definition) is 4. The maximum Gasteiger partial charge on any atom is 0.194 e. The second-order valence-electron chi connectivity index (χ2n) is 3.75. The summed E-state index contributed by atoms with van der Waals surface area (Å²) >= 11 is 0. The van der Waals surface area contributed by atoms with E-state index in [1.54, 1.807) is 6.07 Å².